The minimum Gasteiger partial charge on any atom is -0.493 e. The molecule has 0 unspecified atom stereocenters. The molecule has 2 aromatic rings. The second-order valence-corrected chi connectivity index (χ2v) is 6.46. The highest BCUT2D eigenvalue weighted by molar-refractivity contribution is 6.99. The Morgan fingerprint density at radius 2 is 2.13 bits per heavy atom. The zero-order valence-electron chi connectivity index (χ0n) is 12.8. The first-order chi connectivity index (χ1) is 11.3. The zero-order chi connectivity index (χ0) is 15.6. The number of carbonyl (C=O) groups excluding carboxylic acids is 1. The number of ether oxygens (including phenoxy) is 1. The van der Waals surface area contributed by atoms with Crippen LogP contribution in [0, 0.1) is 0 Å². The second kappa shape index (κ2) is 6.25. The lowest BCUT2D eigenvalue weighted by molar-refractivity contribution is 0.0623. The fourth-order valence-electron chi connectivity index (χ4n) is 3.13. The van der Waals surface area contributed by atoms with Crippen LogP contribution < -0.4 is 4.74 Å². The predicted octanol–water partition coefficient (Wildman–Crippen LogP) is 1.43. The Hall–Kier alpha value is -1.99. The van der Waals surface area contributed by atoms with Crippen LogP contribution in [-0.4, -0.2) is 57.2 Å². The van der Waals surface area contributed by atoms with Gasteiger partial charge in [-0.05, 0) is 17.2 Å². The van der Waals surface area contributed by atoms with Gasteiger partial charge in [-0.2, -0.15) is 8.75 Å². The zero-order valence-corrected chi connectivity index (χ0v) is 13.6. The molecule has 0 radical (unpaired) electrons. The molecule has 4 rings (SSSR count). The van der Waals surface area contributed by atoms with Crippen LogP contribution in [0.1, 0.15) is 21.6 Å². The lowest BCUT2D eigenvalue weighted by atomic mass is 10.1. The van der Waals surface area contributed by atoms with E-state index in [-0.39, 0.29) is 5.91 Å². The number of aromatic nitrogens is 2. The molecule has 0 saturated carbocycles. The third-order valence-corrected chi connectivity index (χ3v) is 4.88. The summed E-state index contributed by atoms with van der Waals surface area (Å²) in [7, 11) is 0. The topological polar surface area (TPSA) is 58.6 Å². The standard InChI is InChI=1S/C16H18N4O2S/c21-16(14-10-17-23-18-14)20-6-4-19(5-7-20)11-12-1-2-15-13(9-12)3-8-22-15/h1-2,9-10H,3-8,11H2. The van der Waals surface area contributed by atoms with Gasteiger partial charge in [-0.1, -0.05) is 12.1 Å². The highest BCUT2D eigenvalue weighted by Gasteiger charge is 2.24. The van der Waals surface area contributed by atoms with Crippen molar-refractivity contribution < 1.29 is 9.53 Å². The van der Waals surface area contributed by atoms with Gasteiger partial charge < -0.3 is 9.64 Å². The van der Waals surface area contributed by atoms with Crippen molar-refractivity contribution in [2.24, 2.45) is 0 Å². The Morgan fingerprint density at radius 3 is 2.91 bits per heavy atom. The largest absolute Gasteiger partial charge is 0.493 e. The molecule has 1 aromatic carbocycles. The molecule has 0 atom stereocenters. The maximum Gasteiger partial charge on any atom is 0.275 e. The van der Waals surface area contributed by atoms with Gasteiger partial charge in [-0.3, -0.25) is 9.69 Å². The molecule has 3 heterocycles. The van der Waals surface area contributed by atoms with Crippen LogP contribution in [0.5, 0.6) is 5.75 Å². The lowest BCUT2D eigenvalue weighted by Crippen LogP contribution is -2.48. The Kier molecular flexibility index (Phi) is 3.97. The third-order valence-electron chi connectivity index (χ3n) is 4.40. The number of hydrogen-bond donors (Lipinski definition) is 0. The molecule has 7 heteroatoms. The first-order valence-electron chi connectivity index (χ1n) is 7.83. The van der Waals surface area contributed by atoms with Crippen LogP contribution in [0.4, 0.5) is 0 Å². The van der Waals surface area contributed by atoms with Crippen LogP contribution in [0.15, 0.2) is 24.4 Å². The van der Waals surface area contributed by atoms with Crippen molar-refractivity contribution in [3.05, 3.63) is 41.2 Å². The molecule has 1 aromatic heterocycles. The van der Waals surface area contributed by atoms with E-state index in [0.29, 0.717) is 5.69 Å². The molecular weight excluding hydrogens is 312 g/mol. The Bertz CT molecular complexity index is 696. The Labute approximate surface area is 139 Å². The van der Waals surface area contributed by atoms with Gasteiger partial charge in [0.2, 0.25) is 0 Å². The maximum atomic E-state index is 12.3. The van der Waals surface area contributed by atoms with Crippen molar-refractivity contribution in [3.8, 4) is 5.75 Å². The van der Waals surface area contributed by atoms with E-state index in [0.717, 1.165) is 63.2 Å². The summed E-state index contributed by atoms with van der Waals surface area (Å²) < 4.78 is 13.5. The average Bonchev–Trinajstić information content (AvgIpc) is 3.26. The number of nitrogens with zero attached hydrogens (tertiary/aromatic N) is 4. The van der Waals surface area contributed by atoms with Gasteiger partial charge >= 0.3 is 0 Å². The number of carbonyl (C=O) groups is 1. The van der Waals surface area contributed by atoms with Crippen molar-refractivity contribution in [2.45, 2.75) is 13.0 Å². The van der Waals surface area contributed by atoms with Gasteiger partial charge in [-0.25, -0.2) is 0 Å². The van der Waals surface area contributed by atoms with Crippen molar-refractivity contribution in [1.82, 2.24) is 18.5 Å². The molecule has 0 aliphatic carbocycles. The summed E-state index contributed by atoms with van der Waals surface area (Å²) in [5, 5.41) is 0. The monoisotopic (exact) mass is 330 g/mol. The smallest absolute Gasteiger partial charge is 0.275 e. The van der Waals surface area contributed by atoms with Crippen LogP contribution in [0.2, 0.25) is 0 Å². The van der Waals surface area contributed by atoms with Gasteiger partial charge in [0.25, 0.3) is 5.91 Å². The summed E-state index contributed by atoms with van der Waals surface area (Å²) >= 11 is 1.08. The van der Waals surface area contributed by atoms with Crippen LogP contribution in [0.3, 0.4) is 0 Å². The summed E-state index contributed by atoms with van der Waals surface area (Å²) in [5.41, 5.74) is 3.09. The summed E-state index contributed by atoms with van der Waals surface area (Å²) in [6.07, 6.45) is 2.55. The minimum atomic E-state index is -0.00641. The van der Waals surface area contributed by atoms with E-state index < -0.39 is 0 Å². The van der Waals surface area contributed by atoms with Gasteiger partial charge in [0.05, 0.1) is 24.5 Å². The summed E-state index contributed by atoms with van der Waals surface area (Å²) in [5.74, 6) is 1.02. The van der Waals surface area contributed by atoms with Gasteiger partial charge in [0, 0.05) is 39.1 Å². The molecule has 1 saturated heterocycles. The molecule has 23 heavy (non-hydrogen) atoms. The van der Waals surface area contributed by atoms with E-state index in [2.05, 4.69) is 31.8 Å². The summed E-state index contributed by atoms with van der Waals surface area (Å²) in [4.78, 5) is 16.5. The number of benzene rings is 1. The Morgan fingerprint density at radius 1 is 1.26 bits per heavy atom. The summed E-state index contributed by atoms with van der Waals surface area (Å²) in [6.45, 7) is 4.97. The second-order valence-electron chi connectivity index (χ2n) is 5.90. The van der Waals surface area contributed by atoms with Crippen LogP contribution >= 0.6 is 11.7 Å². The number of hydrogen-bond acceptors (Lipinski definition) is 6. The molecule has 120 valence electrons. The van der Waals surface area contributed by atoms with Crippen molar-refractivity contribution in [2.75, 3.05) is 32.8 Å². The molecule has 2 aliphatic rings. The first kappa shape index (κ1) is 14.6. The molecule has 6 nitrogen and oxygen atoms in total. The van der Waals surface area contributed by atoms with E-state index >= 15 is 0 Å². The molecule has 0 bridgehead atoms. The molecule has 0 N–H and O–H groups in total. The van der Waals surface area contributed by atoms with E-state index in [4.69, 9.17) is 4.74 Å². The minimum absolute atomic E-state index is 0.00641. The van der Waals surface area contributed by atoms with E-state index in [9.17, 15) is 4.79 Å². The fraction of sp³-hybridized carbons (Fsp3) is 0.438. The summed E-state index contributed by atoms with van der Waals surface area (Å²) in [6, 6.07) is 6.47. The highest BCUT2D eigenvalue weighted by Crippen LogP contribution is 2.26. The van der Waals surface area contributed by atoms with E-state index in [1.807, 2.05) is 4.90 Å². The first-order valence-corrected chi connectivity index (χ1v) is 8.56. The molecule has 1 fully saturated rings. The van der Waals surface area contributed by atoms with Crippen molar-refractivity contribution in [1.29, 1.82) is 0 Å². The van der Waals surface area contributed by atoms with Gasteiger partial charge in [-0.15, -0.1) is 0 Å². The number of rotatable bonds is 3. The fourth-order valence-corrected chi connectivity index (χ4v) is 3.53. The van der Waals surface area contributed by atoms with E-state index in [1.54, 1.807) is 6.20 Å². The predicted molar refractivity (Wildman–Crippen MR) is 86.7 cm³/mol. The van der Waals surface area contributed by atoms with Crippen LogP contribution in [-0.2, 0) is 13.0 Å². The van der Waals surface area contributed by atoms with Crippen molar-refractivity contribution >= 4 is 17.6 Å². The number of fused-ring (bicyclic) bond motifs is 1. The highest BCUT2D eigenvalue weighted by atomic mass is 32.1. The third kappa shape index (κ3) is 3.07. The maximum absolute atomic E-state index is 12.3. The molecule has 0 spiro atoms. The van der Waals surface area contributed by atoms with Gasteiger partial charge in [0.15, 0.2) is 5.69 Å². The van der Waals surface area contributed by atoms with Crippen molar-refractivity contribution in [3.63, 3.8) is 0 Å². The molecule has 1 amide bonds. The Balaban J connectivity index is 1.34. The molecular formula is C16H18N4O2S. The number of piperazine rings is 1. The quantitative estimate of drug-likeness (QED) is 0.852. The number of amides is 1. The lowest BCUT2D eigenvalue weighted by Gasteiger charge is -2.34. The van der Waals surface area contributed by atoms with Crippen LogP contribution in [0.25, 0.3) is 0 Å². The average molecular weight is 330 g/mol. The normalized spacial score (nSPS) is 17.8. The van der Waals surface area contributed by atoms with Gasteiger partial charge in [0.1, 0.15) is 5.75 Å². The van der Waals surface area contributed by atoms with E-state index in [1.165, 1.54) is 11.1 Å². The SMILES string of the molecule is O=C(c1cnsn1)N1CCN(Cc2ccc3c(c2)CCO3)CC1. The molecule has 2 aliphatic heterocycles.